The van der Waals surface area contributed by atoms with Crippen LogP contribution in [0.5, 0.6) is 0 Å². The molecule has 0 aromatic heterocycles. The third-order valence-corrected chi connectivity index (χ3v) is 4.15. The average molecular weight is 291 g/mol. The second kappa shape index (κ2) is 6.22. The summed E-state index contributed by atoms with van der Waals surface area (Å²) in [6.07, 6.45) is 3.68. The molecule has 1 fully saturated rings. The zero-order valence-electron chi connectivity index (χ0n) is 12.4. The lowest BCUT2D eigenvalue weighted by atomic mass is 9.84. The number of hydrogen-bond donors (Lipinski definition) is 2. The number of aryl methyl sites for hydroxylation is 2. The Balaban J connectivity index is 2.20. The molecular weight excluding hydrogens is 270 g/mol. The van der Waals surface area contributed by atoms with E-state index in [0.717, 1.165) is 31.2 Å². The van der Waals surface area contributed by atoms with Crippen molar-refractivity contribution in [2.75, 3.05) is 5.32 Å². The zero-order valence-corrected chi connectivity index (χ0v) is 12.4. The van der Waals surface area contributed by atoms with Crippen molar-refractivity contribution < 1.29 is 9.72 Å². The summed E-state index contributed by atoms with van der Waals surface area (Å²) in [6, 6.07) is 3.02. The molecule has 21 heavy (non-hydrogen) atoms. The van der Waals surface area contributed by atoms with Gasteiger partial charge in [-0.15, -0.1) is 0 Å². The molecule has 0 spiro atoms. The van der Waals surface area contributed by atoms with Gasteiger partial charge in [-0.05, 0) is 38.3 Å². The minimum atomic E-state index is -0.434. The van der Waals surface area contributed by atoms with Gasteiger partial charge < -0.3 is 11.1 Å². The van der Waals surface area contributed by atoms with Crippen molar-refractivity contribution in [2.24, 2.45) is 11.7 Å². The number of nitrogens with zero attached hydrogens (tertiary/aromatic N) is 1. The Morgan fingerprint density at radius 1 is 1.29 bits per heavy atom. The molecule has 3 N–H and O–H groups in total. The van der Waals surface area contributed by atoms with Gasteiger partial charge in [-0.25, -0.2) is 0 Å². The predicted molar refractivity (Wildman–Crippen MR) is 81.1 cm³/mol. The molecule has 2 unspecified atom stereocenters. The second-order valence-corrected chi connectivity index (χ2v) is 5.75. The molecule has 0 heterocycles. The van der Waals surface area contributed by atoms with Gasteiger partial charge in [0.25, 0.3) is 5.69 Å². The van der Waals surface area contributed by atoms with Gasteiger partial charge in [0.15, 0.2) is 0 Å². The standard InChI is InChI=1S/C15H21N3O3/c1-9-7-10(2)14(18(20)21)8-13(9)17-15(19)11-5-3-4-6-12(11)16/h7-8,11-12H,3-6,16H2,1-2H3,(H,17,19). The van der Waals surface area contributed by atoms with E-state index in [0.29, 0.717) is 11.3 Å². The first-order chi connectivity index (χ1) is 9.90. The molecule has 1 amide bonds. The fourth-order valence-corrected chi connectivity index (χ4v) is 2.88. The number of hydrogen-bond acceptors (Lipinski definition) is 4. The number of nitro groups is 1. The molecule has 0 bridgehead atoms. The molecule has 1 aromatic carbocycles. The Labute approximate surface area is 123 Å². The predicted octanol–water partition coefficient (Wildman–Crippen LogP) is 2.67. The lowest BCUT2D eigenvalue weighted by Gasteiger charge is -2.27. The molecule has 2 atom stereocenters. The third-order valence-electron chi connectivity index (χ3n) is 4.15. The van der Waals surface area contributed by atoms with Gasteiger partial charge in [0.2, 0.25) is 5.91 Å². The normalized spacial score (nSPS) is 21.9. The summed E-state index contributed by atoms with van der Waals surface area (Å²) in [4.78, 5) is 22.9. The largest absolute Gasteiger partial charge is 0.327 e. The topological polar surface area (TPSA) is 98.3 Å². The molecule has 0 saturated heterocycles. The van der Waals surface area contributed by atoms with Crippen LogP contribution in [0.1, 0.15) is 36.8 Å². The maximum Gasteiger partial charge on any atom is 0.274 e. The summed E-state index contributed by atoms with van der Waals surface area (Å²) in [5.74, 6) is -0.345. The fourth-order valence-electron chi connectivity index (χ4n) is 2.88. The van der Waals surface area contributed by atoms with Crippen molar-refractivity contribution in [3.05, 3.63) is 33.4 Å². The summed E-state index contributed by atoms with van der Waals surface area (Å²) in [7, 11) is 0. The van der Waals surface area contributed by atoms with Gasteiger partial charge in [-0.1, -0.05) is 12.8 Å². The Kier molecular flexibility index (Phi) is 4.57. The highest BCUT2D eigenvalue weighted by Gasteiger charge is 2.28. The van der Waals surface area contributed by atoms with Crippen molar-refractivity contribution in [3.63, 3.8) is 0 Å². The first-order valence-corrected chi connectivity index (χ1v) is 7.22. The molecule has 1 saturated carbocycles. The summed E-state index contributed by atoms with van der Waals surface area (Å²) >= 11 is 0. The summed E-state index contributed by atoms with van der Waals surface area (Å²) in [5.41, 5.74) is 7.92. The Bertz CT molecular complexity index is 572. The Morgan fingerprint density at radius 2 is 1.95 bits per heavy atom. The van der Waals surface area contributed by atoms with Crippen molar-refractivity contribution in [1.82, 2.24) is 0 Å². The molecule has 1 aliphatic carbocycles. The van der Waals surface area contributed by atoms with E-state index in [1.165, 1.54) is 6.07 Å². The lowest BCUT2D eigenvalue weighted by Crippen LogP contribution is -2.40. The molecule has 114 valence electrons. The number of nitrogens with one attached hydrogen (secondary N) is 1. The Hall–Kier alpha value is -1.95. The molecular formula is C15H21N3O3. The van der Waals surface area contributed by atoms with Crippen LogP contribution in [0.25, 0.3) is 0 Å². The van der Waals surface area contributed by atoms with E-state index < -0.39 is 4.92 Å². The first-order valence-electron chi connectivity index (χ1n) is 7.22. The highest BCUT2D eigenvalue weighted by atomic mass is 16.6. The average Bonchev–Trinajstić information content (AvgIpc) is 2.41. The van der Waals surface area contributed by atoms with E-state index in [2.05, 4.69) is 5.32 Å². The van der Waals surface area contributed by atoms with E-state index >= 15 is 0 Å². The van der Waals surface area contributed by atoms with Gasteiger partial charge >= 0.3 is 0 Å². The highest BCUT2D eigenvalue weighted by molar-refractivity contribution is 5.94. The van der Waals surface area contributed by atoms with E-state index in [1.807, 2.05) is 6.92 Å². The molecule has 6 nitrogen and oxygen atoms in total. The van der Waals surface area contributed by atoms with Gasteiger partial charge in [-0.2, -0.15) is 0 Å². The number of nitro benzene ring substituents is 1. The minimum Gasteiger partial charge on any atom is -0.327 e. The molecule has 2 rings (SSSR count). The zero-order chi connectivity index (χ0) is 15.6. The number of anilines is 1. The Morgan fingerprint density at radius 3 is 2.57 bits per heavy atom. The van der Waals surface area contributed by atoms with E-state index in [4.69, 9.17) is 5.73 Å². The smallest absolute Gasteiger partial charge is 0.274 e. The minimum absolute atomic E-state index is 0.0174. The number of nitrogens with two attached hydrogens (primary N) is 1. The summed E-state index contributed by atoms with van der Waals surface area (Å²) < 4.78 is 0. The SMILES string of the molecule is Cc1cc(C)c([N+](=O)[O-])cc1NC(=O)C1CCCCC1N. The summed E-state index contributed by atoms with van der Waals surface area (Å²) in [6.45, 7) is 3.51. The van der Waals surface area contributed by atoms with Crippen LogP contribution >= 0.6 is 0 Å². The molecule has 1 aliphatic rings. The molecule has 0 radical (unpaired) electrons. The quantitative estimate of drug-likeness (QED) is 0.660. The maximum atomic E-state index is 12.3. The monoisotopic (exact) mass is 291 g/mol. The van der Waals surface area contributed by atoms with Crippen molar-refractivity contribution >= 4 is 17.3 Å². The number of rotatable bonds is 3. The summed E-state index contributed by atoms with van der Waals surface area (Å²) in [5, 5.41) is 13.8. The number of amides is 1. The van der Waals surface area contributed by atoms with Gasteiger partial charge in [0.1, 0.15) is 0 Å². The van der Waals surface area contributed by atoms with Crippen molar-refractivity contribution in [3.8, 4) is 0 Å². The van der Waals surface area contributed by atoms with E-state index in [9.17, 15) is 14.9 Å². The fraction of sp³-hybridized carbons (Fsp3) is 0.533. The van der Waals surface area contributed by atoms with Crippen LogP contribution in [-0.2, 0) is 4.79 Å². The maximum absolute atomic E-state index is 12.3. The third kappa shape index (κ3) is 3.39. The second-order valence-electron chi connectivity index (χ2n) is 5.75. The van der Waals surface area contributed by atoms with Crippen LogP contribution in [-0.4, -0.2) is 16.9 Å². The van der Waals surface area contributed by atoms with Crippen molar-refractivity contribution in [1.29, 1.82) is 0 Å². The van der Waals surface area contributed by atoms with Crippen LogP contribution in [0.15, 0.2) is 12.1 Å². The van der Waals surface area contributed by atoms with Gasteiger partial charge in [0, 0.05) is 17.7 Å². The van der Waals surface area contributed by atoms with Gasteiger partial charge in [-0.3, -0.25) is 14.9 Å². The highest BCUT2D eigenvalue weighted by Crippen LogP contribution is 2.28. The van der Waals surface area contributed by atoms with Crippen molar-refractivity contribution in [2.45, 2.75) is 45.6 Å². The lowest BCUT2D eigenvalue weighted by molar-refractivity contribution is -0.385. The van der Waals surface area contributed by atoms with E-state index in [-0.39, 0.29) is 23.6 Å². The number of benzene rings is 1. The van der Waals surface area contributed by atoms with Crippen LogP contribution in [0.4, 0.5) is 11.4 Å². The van der Waals surface area contributed by atoms with Crippen LogP contribution in [0, 0.1) is 29.9 Å². The number of carbonyl (C=O) groups excluding carboxylic acids is 1. The first kappa shape index (κ1) is 15.4. The molecule has 6 heteroatoms. The van der Waals surface area contributed by atoms with Crippen LogP contribution in [0.2, 0.25) is 0 Å². The molecule has 0 aliphatic heterocycles. The van der Waals surface area contributed by atoms with Crippen LogP contribution < -0.4 is 11.1 Å². The number of carbonyl (C=O) groups is 1. The van der Waals surface area contributed by atoms with E-state index in [1.54, 1.807) is 13.0 Å². The van der Waals surface area contributed by atoms with Crippen LogP contribution in [0.3, 0.4) is 0 Å². The molecule has 1 aromatic rings. The van der Waals surface area contributed by atoms with Gasteiger partial charge in [0.05, 0.1) is 16.5 Å².